The van der Waals surface area contributed by atoms with Gasteiger partial charge in [0.25, 0.3) is 0 Å². The average molecular weight is 398 g/mol. The number of benzene rings is 2. The number of carbonyl (C=O) groups is 1. The van der Waals surface area contributed by atoms with E-state index >= 15 is 0 Å². The minimum Gasteiger partial charge on any atom is -0.495 e. The van der Waals surface area contributed by atoms with Gasteiger partial charge in [0, 0.05) is 19.4 Å². The van der Waals surface area contributed by atoms with Crippen LogP contribution in [0.3, 0.4) is 0 Å². The van der Waals surface area contributed by atoms with Crippen molar-refractivity contribution in [2.24, 2.45) is 0 Å². The molecule has 0 saturated carbocycles. The Hall–Kier alpha value is -3.22. The molecule has 1 atom stereocenters. The SMILES string of the molecule is COc1cccc2c(=O)c3c(OC)c4c(cc3oc12)OC(C)(C)CC4OC(C)=O. The summed E-state index contributed by atoms with van der Waals surface area (Å²) in [6.45, 7) is 5.16. The van der Waals surface area contributed by atoms with E-state index < -0.39 is 17.7 Å². The standard InChI is InChI=1S/C22H22O7/c1-11(23)27-16-10-22(2,3)29-15-9-14-18(21(26-5)17(15)16)19(24)12-7-6-8-13(25-4)20(12)28-14/h6-9,16H,10H2,1-5H3. The third-order valence-electron chi connectivity index (χ3n) is 5.03. The van der Waals surface area contributed by atoms with Crippen LogP contribution in [0.4, 0.5) is 0 Å². The average Bonchev–Trinajstić information content (AvgIpc) is 2.64. The van der Waals surface area contributed by atoms with Crippen molar-refractivity contribution in [1.29, 1.82) is 0 Å². The molecule has 0 saturated heterocycles. The summed E-state index contributed by atoms with van der Waals surface area (Å²) in [7, 11) is 2.98. The lowest BCUT2D eigenvalue weighted by atomic mass is 9.89. The van der Waals surface area contributed by atoms with Crippen LogP contribution in [-0.4, -0.2) is 25.8 Å². The molecule has 0 N–H and O–H groups in total. The van der Waals surface area contributed by atoms with E-state index in [1.54, 1.807) is 24.3 Å². The van der Waals surface area contributed by atoms with E-state index in [4.69, 9.17) is 23.4 Å². The lowest BCUT2D eigenvalue weighted by molar-refractivity contribution is -0.150. The molecular formula is C22H22O7. The van der Waals surface area contributed by atoms with Crippen LogP contribution in [0.2, 0.25) is 0 Å². The molecule has 29 heavy (non-hydrogen) atoms. The van der Waals surface area contributed by atoms with Gasteiger partial charge in [-0.25, -0.2) is 0 Å². The second-order valence-corrected chi connectivity index (χ2v) is 7.63. The minimum absolute atomic E-state index is 0.258. The number of esters is 1. The van der Waals surface area contributed by atoms with Crippen LogP contribution in [0.25, 0.3) is 21.9 Å². The van der Waals surface area contributed by atoms with Gasteiger partial charge >= 0.3 is 5.97 Å². The number of para-hydroxylation sites is 1. The molecule has 1 aliphatic heterocycles. The smallest absolute Gasteiger partial charge is 0.303 e. The Morgan fingerprint density at radius 1 is 1.21 bits per heavy atom. The van der Waals surface area contributed by atoms with Gasteiger partial charge in [-0.2, -0.15) is 0 Å². The molecule has 0 fully saturated rings. The zero-order chi connectivity index (χ0) is 20.9. The van der Waals surface area contributed by atoms with Gasteiger partial charge in [0.2, 0.25) is 5.43 Å². The first kappa shape index (κ1) is 19.1. The molecule has 0 amide bonds. The normalized spacial score (nSPS) is 17.5. The summed E-state index contributed by atoms with van der Waals surface area (Å²) in [6.07, 6.45) is -0.181. The zero-order valence-corrected chi connectivity index (χ0v) is 17.0. The number of hydrogen-bond acceptors (Lipinski definition) is 7. The number of methoxy groups -OCH3 is 2. The van der Waals surface area contributed by atoms with Gasteiger partial charge in [-0.05, 0) is 26.0 Å². The first-order valence-corrected chi connectivity index (χ1v) is 9.26. The van der Waals surface area contributed by atoms with Crippen molar-refractivity contribution in [2.45, 2.75) is 38.9 Å². The molecule has 1 aromatic heterocycles. The monoisotopic (exact) mass is 398 g/mol. The second kappa shape index (κ2) is 6.69. The predicted octanol–water partition coefficient (Wildman–Crippen LogP) is 4.13. The largest absolute Gasteiger partial charge is 0.495 e. The Morgan fingerprint density at radius 3 is 2.62 bits per heavy atom. The molecule has 2 heterocycles. The Balaban J connectivity index is 2.11. The van der Waals surface area contributed by atoms with Crippen LogP contribution < -0.4 is 19.6 Å². The van der Waals surface area contributed by atoms with Gasteiger partial charge in [0.15, 0.2) is 11.3 Å². The van der Waals surface area contributed by atoms with Gasteiger partial charge in [-0.1, -0.05) is 6.07 Å². The highest BCUT2D eigenvalue weighted by molar-refractivity contribution is 5.97. The van der Waals surface area contributed by atoms with Crippen molar-refractivity contribution < 1.29 is 28.2 Å². The third kappa shape index (κ3) is 3.06. The Morgan fingerprint density at radius 2 is 1.97 bits per heavy atom. The molecule has 0 spiro atoms. The topological polar surface area (TPSA) is 84.2 Å². The summed E-state index contributed by atoms with van der Waals surface area (Å²) < 4.78 is 28.7. The predicted molar refractivity (Wildman–Crippen MR) is 107 cm³/mol. The Kier molecular flexibility index (Phi) is 4.41. The molecule has 1 unspecified atom stereocenters. The molecule has 2 aromatic carbocycles. The molecule has 0 aliphatic carbocycles. The van der Waals surface area contributed by atoms with Crippen molar-refractivity contribution >= 4 is 27.9 Å². The summed E-state index contributed by atoms with van der Waals surface area (Å²) in [5, 5.41) is 0.642. The van der Waals surface area contributed by atoms with Crippen molar-refractivity contribution in [3.05, 3.63) is 40.1 Å². The molecule has 152 valence electrons. The van der Waals surface area contributed by atoms with Gasteiger partial charge in [-0.15, -0.1) is 0 Å². The second-order valence-electron chi connectivity index (χ2n) is 7.63. The van der Waals surface area contributed by atoms with Gasteiger partial charge in [0.05, 0.1) is 25.2 Å². The minimum atomic E-state index is -0.606. The maximum atomic E-state index is 13.3. The molecule has 3 aromatic rings. The first-order chi connectivity index (χ1) is 13.8. The van der Waals surface area contributed by atoms with E-state index in [1.807, 2.05) is 13.8 Å². The number of ether oxygens (including phenoxy) is 4. The summed E-state index contributed by atoms with van der Waals surface area (Å²) in [5.41, 5.74) is 0.346. The quantitative estimate of drug-likeness (QED) is 0.484. The van der Waals surface area contributed by atoms with E-state index in [0.717, 1.165) is 0 Å². The summed E-state index contributed by atoms with van der Waals surface area (Å²) >= 11 is 0. The van der Waals surface area contributed by atoms with Crippen LogP contribution in [0, 0.1) is 0 Å². The zero-order valence-electron chi connectivity index (χ0n) is 17.0. The highest BCUT2D eigenvalue weighted by Crippen LogP contribution is 2.49. The molecule has 7 heteroatoms. The summed E-state index contributed by atoms with van der Waals surface area (Å²) in [6, 6.07) is 6.77. The summed E-state index contributed by atoms with van der Waals surface area (Å²) in [5.74, 6) is 0.778. The van der Waals surface area contributed by atoms with Crippen molar-refractivity contribution in [2.75, 3.05) is 14.2 Å². The van der Waals surface area contributed by atoms with Crippen LogP contribution in [-0.2, 0) is 9.53 Å². The maximum absolute atomic E-state index is 13.3. The molecular weight excluding hydrogens is 376 g/mol. The molecule has 0 bridgehead atoms. The fourth-order valence-electron chi connectivity index (χ4n) is 3.92. The highest BCUT2D eigenvalue weighted by atomic mass is 16.6. The fourth-order valence-corrected chi connectivity index (χ4v) is 3.92. The van der Waals surface area contributed by atoms with Crippen LogP contribution in [0.5, 0.6) is 17.2 Å². The van der Waals surface area contributed by atoms with Gasteiger partial charge in [-0.3, -0.25) is 9.59 Å². The number of carbonyl (C=O) groups excluding carboxylic acids is 1. The first-order valence-electron chi connectivity index (χ1n) is 9.26. The van der Waals surface area contributed by atoms with E-state index in [1.165, 1.54) is 21.1 Å². The fraction of sp³-hybridized carbons (Fsp3) is 0.364. The molecule has 0 radical (unpaired) electrons. The van der Waals surface area contributed by atoms with E-state index in [-0.39, 0.29) is 16.6 Å². The third-order valence-corrected chi connectivity index (χ3v) is 5.03. The Bertz CT molecular complexity index is 1190. The lowest BCUT2D eigenvalue weighted by Gasteiger charge is -2.37. The van der Waals surface area contributed by atoms with E-state index in [9.17, 15) is 9.59 Å². The van der Waals surface area contributed by atoms with E-state index in [2.05, 4.69) is 0 Å². The van der Waals surface area contributed by atoms with Crippen LogP contribution >= 0.6 is 0 Å². The highest BCUT2D eigenvalue weighted by Gasteiger charge is 2.39. The molecule has 1 aliphatic rings. The maximum Gasteiger partial charge on any atom is 0.303 e. The van der Waals surface area contributed by atoms with Gasteiger partial charge < -0.3 is 23.4 Å². The van der Waals surface area contributed by atoms with Crippen molar-refractivity contribution in [1.82, 2.24) is 0 Å². The lowest BCUT2D eigenvalue weighted by Crippen LogP contribution is -2.36. The molecule has 4 rings (SSSR count). The van der Waals surface area contributed by atoms with Crippen LogP contribution in [0.15, 0.2) is 33.5 Å². The number of hydrogen-bond donors (Lipinski definition) is 0. The van der Waals surface area contributed by atoms with Crippen molar-refractivity contribution in [3.8, 4) is 17.2 Å². The molecule has 7 nitrogen and oxygen atoms in total. The number of rotatable bonds is 3. The van der Waals surface area contributed by atoms with Gasteiger partial charge in [0.1, 0.15) is 34.2 Å². The van der Waals surface area contributed by atoms with Crippen LogP contribution in [0.1, 0.15) is 38.9 Å². The summed E-state index contributed by atoms with van der Waals surface area (Å²) in [4.78, 5) is 25.0. The van der Waals surface area contributed by atoms with Crippen molar-refractivity contribution in [3.63, 3.8) is 0 Å². The number of fused-ring (bicyclic) bond motifs is 3. The Labute approximate surface area is 167 Å². The van der Waals surface area contributed by atoms with E-state index in [0.29, 0.717) is 40.0 Å².